The lowest BCUT2D eigenvalue weighted by molar-refractivity contribution is -0.131. The van der Waals surface area contributed by atoms with Gasteiger partial charge in [0.05, 0.1) is 0 Å². The molecule has 0 bridgehead atoms. The maximum atomic E-state index is 10.6. The van der Waals surface area contributed by atoms with Crippen LogP contribution in [0.15, 0.2) is 24.4 Å². The Morgan fingerprint density at radius 3 is 2.80 bits per heavy atom. The van der Waals surface area contributed by atoms with E-state index in [1.165, 1.54) is 58.0 Å². The number of carboxylic acids is 1. The van der Waals surface area contributed by atoms with Crippen molar-refractivity contribution in [3.63, 3.8) is 0 Å². The Hall–Kier alpha value is -1.88. The number of carbonyl (C=O) groups is 1. The summed E-state index contributed by atoms with van der Waals surface area (Å²) in [5.74, 6) is 0.824. The van der Waals surface area contributed by atoms with Crippen molar-refractivity contribution in [1.82, 2.24) is 9.88 Å². The Balaban J connectivity index is 1.49. The summed E-state index contributed by atoms with van der Waals surface area (Å²) in [6.45, 7) is 3.57. The van der Waals surface area contributed by atoms with E-state index >= 15 is 0 Å². The minimum atomic E-state index is -0.942. The number of nitrogens with one attached hydrogen (secondary N) is 1. The van der Waals surface area contributed by atoms with Gasteiger partial charge in [-0.25, -0.2) is 9.78 Å². The highest BCUT2D eigenvalue weighted by atomic mass is 16.4. The van der Waals surface area contributed by atoms with Gasteiger partial charge in [-0.2, -0.15) is 0 Å². The van der Waals surface area contributed by atoms with E-state index in [0.29, 0.717) is 6.04 Å². The van der Waals surface area contributed by atoms with E-state index < -0.39 is 5.97 Å². The van der Waals surface area contributed by atoms with Gasteiger partial charge in [0.1, 0.15) is 5.82 Å². The number of aliphatic carboxylic acids is 1. The van der Waals surface area contributed by atoms with Gasteiger partial charge in [0, 0.05) is 31.4 Å². The SMILES string of the molecule is O=C(O)/C=C/c1ccc(N[C@@H]2CCCN(CC3CCCCC3)C2)nc1. The number of pyridine rings is 1. The van der Waals surface area contributed by atoms with E-state index in [9.17, 15) is 4.79 Å². The normalized spacial score (nSPS) is 23.0. The van der Waals surface area contributed by atoms with Crippen LogP contribution >= 0.6 is 0 Å². The van der Waals surface area contributed by atoms with Gasteiger partial charge in [0.2, 0.25) is 0 Å². The van der Waals surface area contributed by atoms with Crippen molar-refractivity contribution in [2.45, 2.75) is 51.0 Å². The fraction of sp³-hybridized carbons (Fsp3) is 0.600. The van der Waals surface area contributed by atoms with Crippen LogP contribution in [0.4, 0.5) is 5.82 Å². The van der Waals surface area contributed by atoms with Crippen LogP contribution in [0, 0.1) is 5.92 Å². The fourth-order valence-electron chi connectivity index (χ4n) is 4.04. The summed E-state index contributed by atoms with van der Waals surface area (Å²) in [4.78, 5) is 17.6. The van der Waals surface area contributed by atoms with E-state index in [4.69, 9.17) is 5.11 Å². The molecule has 1 atom stereocenters. The monoisotopic (exact) mass is 343 g/mol. The zero-order chi connectivity index (χ0) is 17.5. The third-order valence-corrected chi connectivity index (χ3v) is 5.30. The zero-order valence-electron chi connectivity index (χ0n) is 14.9. The summed E-state index contributed by atoms with van der Waals surface area (Å²) in [6, 6.07) is 4.28. The number of nitrogens with zero attached hydrogens (tertiary/aromatic N) is 2. The van der Waals surface area contributed by atoms with Crippen LogP contribution in [-0.2, 0) is 4.79 Å². The molecule has 0 spiro atoms. The highest BCUT2D eigenvalue weighted by molar-refractivity contribution is 5.85. The second-order valence-electron chi connectivity index (χ2n) is 7.40. The first-order chi connectivity index (χ1) is 12.2. The molecule has 1 aliphatic heterocycles. The van der Waals surface area contributed by atoms with Gasteiger partial charge in [0.25, 0.3) is 0 Å². The molecule has 2 N–H and O–H groups in total. The molecule has 1 aromatic rings. The largest absolute Gasteiger partial charge is 0.478 e. The van der Waals surface area contributed by atoms with Crippen molar-refractivity contribution in [3.8, 4) is 0 Å². The summed E-state index contributed by atoms with van der Waals surface area (Å²) < 4.78 is 0. The van der Waals surface area contributed by atoms with Crippen LogP contribution < -0.4 is 5.32 Å². The number of piperidine rings is 1. The van der Waals surface area contributed by atoms with Crippen LogP contribution in [0.1, 0.15) is 50.5 Å². The Labute approximate surface area is 150 Å². The molecule has 0 amide bonds. The van der Waals surface area contributed by atoms with Gasteiger partial charge in [0.15, 0.2) is 0 Å². The average Bonchev–Trinajstić information content (AvgIpc) is 2.62. The lowest BCUT2D eigenvalue weighted by Gasteiger charge is -2.36. The van der Waals surface area contributed by atoms with Crippen molar-refractivity contribution in [2.24, 2.45) is 5.92 Å². The lowest BCUT2D eigenvalue weighted by Crippen LogP contribution is -2.44. The average molecular weight is 343 g/mol. The molecule has 2 heterocycles. The molecule has 25 heavy (non-hydrogen) atoms. The smallest absolute Gasteiger partial charge is 0.328 e. The van der Waals surface area contributed by atoms with E-state index in [-0.39, 0.29) is 0 Å². The summed E-state index contributed by atoms with van der Waals surface area (Å²) >= 11 is 0. The van der Waals surface area contributed by atoms with Crippen LogP contribution in [0.25, 0.3) is 6.08 Å². The Bertz CT molecular complexity index is 579. The molecular weight excluding hydrogens is 314 g/mol. The quantitative estimate of drug-likeness (QED) is 0.772. The number of likely N-dealkylation sites (tertiary alicyclic amines) is 1. The molecule has 2 aliphatic rings. The van der Waals surface area contributed by atoms with Gasteiger partial charge in [-0.3, -0.25) is 0 Å². The van der Waals surface area contributed by atoms with Crippen LogP contribution in [-0.4, -0.2) is 46.6 Å². The standard InChI is InChI=1S/C20H29N3O2/c24-20(25)11-9-16-8-10-19(21-13-16)22-18-7-4-12-23(15-18)14-17-5-2-1-3-6-17/h8-11,13,17-18H,1-7,12,14-15H2,(H,21,22)(H,24,25)/b11-9+/t18-/m1/s1. The maximum absolute atomic E-state index is 10.6. The Morgan fingerprint density at radius 2 is 2.08 bits per heavy atom. The van der Waals surface area contributed by atoms with Crippen LogP contribution in [0.5, 0.6) is 0 Å². The number of hydrogen-bond donors (Lipinski definition) is 2. The minimum Gasteiger partial charge on any atom is -0.478 e. The number of aromatic nitrogens is 1. The summed E-state index contributed by atoms with van der Waals surface area (Å²) in [6.07, 6.45) is 13.9. The predicted octanol–water partition coefficient (Wildman–Crippen LogP) is 3.64. The topological polar surface area (TPSA) is 65.5 Å². The first-order valence-corrected chi connectivity index (χ1v) is 9.55. The molecule has 2 fully saturated rings. The van der Waals surface area contributed by atoms with Crippen molar-refractivity contribution in [3.05, 3.63) is 30.0 Å². The first-order valence-electron chi connectivity index (χ1n) is 9.55. The predicted molar refractivity (Wildman–Crippen MR) is 101 cm³/mol. The van der Waals surface area contributed by atoms with Crippen molar-refractivity contribution < 1.29 is 9.90 Å². The van der Waals surface area contributed by atoms with Gasteiger partial charge >= 0.3 is 5.97 Å². The third-order valence-electron chi connectivity index (χ3n) is 5.30. The third kappa shape index (κ3) is 5.85. The highest BCUT2D eigenvalue weighted by Gasteiger charge is 2.23. The number of rotatable bonds is 6. The molecule has 1 saturated heterocycles. The number of hydrogen-bond acceptors (Lipinski definition) is 4. The summed E-state index contributed by atoms with van der Waals surface area (Å²) in [5.41, 5.74) is 0.801. The summed E-state index contributed by atoms with van der Waals surface area (Å²) in [5, 5.41) is 12.2. The van der Waals surface area contributed by atoms with Crippen LogP contribution in [0.2, 0.25) is 0 Å². The van der Waals surface area contributed by atoms with Gasteiger partial charge in [-0.1, -0.05) is 19.3 Å². The van der Waals surface area contributed by atoms with E-state index in [0.717, 1.165) is 29.9 Å². The molecule has 0 radical (unpaired) electrons. The number of anilines is 1. The van der Waals surface area contributed by atoms with E-state index in [2.05, 4.69) is 15.2 Å². The Morgan fingerprint density at radius 1 is 1.24 bits per heavy atom. The second-order valence-corrected chi connectivity index (χ2v) is 7.40. The molecule has 1 saturated carbocycles. The molecule has 1 aliphatic carbocycles. The number of carboxylic acid groups (broad SMARTS) is 1. The zero-order valence-corrected chi connectivity index (χ0v) is 14.9. The van der Waals surface area contributed by atoms with Gasteiger partial charge in [-0.05, 0) is 61.9 Å². The lowest BCUT2D eigenvalue weighted by atomic mass is 9.88. The highest BCUT2D eigenvalue weighted by Crippen LogP contribution is 2.26. The summed E-state index contributed by atoms with van der Waals surface area (Å²) in [7, 11) is 0. The Kier molecular flexibility index (Phi) is 6.45. The van der Waals surface area contributed by atoms with E-state index in [1.807, 2.05) is 12.1 Å². The van der Waals surface area contributed by atoms with Gasteiger partial charge in [-0.15, -0.1) is 0 Å². The molecule has 1 aromatic heterocycles. The molecular formula is C20H29N3O2. The maximum Gasteiger partial charge on any atom is 0.328 e. The second kappa shape index (κ2) is 8.99. The van der Waals surface area contributed by atoms with Gasteiger partial charge < -0.3 is 15.3 Å². The molecule has 3 rings (SSSR count). The molecule has 5 heteroatoms. The molecule has 0 unspecified atom stereocenters. The molecule has 136 valence electrons. The fourth-order valence-corrected chi connectivity index (χ4v) is 4.04. The minimum absolute atomic E-state index is 0.449. The van der Waals surface area contributed by atoms with E-state index in [1.54, 1.807) is 12.3 Å². The molecule has 0 aromatic carbocycles. The van der Waals surface area contributed by atoms with Crippen molar-refractivity contribution in [2.75, 3.05) is 25.0 Å². The first kappa shape index (κ1) is 17.9. The van der Waals surface area contributed by atoms with Crippen molar-refractivity contribution >= 4 is 17.9 Å². The molecule has 5 nitrogen and oxygen atoms in total. The van der Waals surface area contributed by atoms with Crippen molar-refractivity contribution in [1.29, 1.82) is 0 Å². The van der Waals surface area contributed by atoms with Crippen LogP contribution in [0.3, 0.4) is 0 Å².